The van der Waals surface area contributed by atoms with Gasteiger partial charge in [0.15, 0.2) is 0 Å². The van der Waals surface area contributed by atoms with Crippen LogP contribution in [0.3, 0.4) is 0 Å². The topological polar surface area (TPSA) is 20.3 Å². The van der Waals surface area contributed by atoms with Crippen LogP contribution in [0.2, 0.25) is 0 Å². The van der Waals surface area contributed by atoms with Crippen LogP contribution in [0.5, 0.6) is 0 Å². The van der Waals surface area contributed by atoms with E-state index < -0.39 is 0 Å². The van der Waals surface area contributed by atoms with E-state index in [1.165, 1.54) is 5.56 Å². The lowest BCUT2D eigenvalue weighted by molar-refractivity contribution is -0.129. The first-order valence-corrected chi connectivity index (χ1v) is 8.24. The Balaban J connectivity index is 2.08. The zero-order valence-corrected chi connectivity index (χ0v) is 12.6. The fourth-order valence-electron chi connectivity index (χ4n) is 3.29. The molecule has 3 rings (SSSR count). The first-order valence-electron chi connectivity index (χ1n) is 6.95. The number of rotatable bonds is 2. The van der Waals surface area contributed by atoms with Gasteiger partial charge in [0, 0.05) is 24.5 Å². The van der Waals surface area contributed by atoms with Crippen LogP contribution < -0.4 is 0 Å². The molecule has 0 aromatic heterocycles. The van der Waals surface area contributed by atoms with E-state index in [2.05, 4.69) is 48.7 Å². The number of fused-ring (bicyclic) bond motifs is 1. The Morgan fingerprint density at radius 2 is 2.00 bits per heavy atom. The second kappa shape index (κ2) is 5.49. The normalized spacial score (nSPS) is 29.1. The standard InChI is InChI=1S/C17H19NOS/c1-18-16(19)14-11-7-6-10-13(14)15(17(18)20-2)12-8-4-3-5-9-12/h3-6,8-11,13,15,17H,7H2,1-2H3/t13-,15+,17+/m0/s1. The largest absolute Gasteiger partial charge is 0.329 e. The Bertz CT molecular complexity index is 564. The van der Waals surface area contributed by atoms with E-state index in [4.69, 9.17) is 0 Å². The van der Waals surface area contributed by atoms with Gasteiger partial charge in [-0.25, -0.2) is 0 Å². The molecule has 3 heteroatoms. The van der Waals surface area contributed by atoms with Gasteiger partial charge in [-0.2, -0.15) is 0 Å². The SMILES string of the molecule is CS[C@@H]1[C@H](c2ccccc2)[C@H]2C=CCC=C2C(=O)N1C. The van der Waals surface area contributed by atoms with Crippen molar-refractivity contribution in [2.75, 3.05) is 13.3 Å². The smallest absolute Gasteiger partial charge is 0.250 e. The predicted molar refractivity (Wildman–Crippen MR) is 84.6 cm³/mol. The minimum absolute atomic E-state index is 0.186. The number of thioether (sulfide) groups is 1. The molecular formula is C17H19NOS. The number of likely N-dealkylation sites (tertiary alicyclic amines) is 1. The van der Waals surface area contributed by atoms with E-state index in [1.54, 1.807) is 11.8 Å². The van der Waals surface area contributed by atoms with Crippen molar-refractivity contribution >= 4 is 17.7 Å². The molecule has 1 fully saturated rings. The van der Waals surface area contributed by atoms with Gasteiger partial charge >= 0.3 is 0 Å². The van der Waals surface area contributed by atoms with E-state index in [-0.39, 0.29) is 17.2 Å². The summed E-state index contributed by atoms with van der Waals surface area (Å²) in [5.74, 6) is 0.731. The molecule has 0 N–H and O–H groups in total. The molecule has 104 valence electrons. The summed E-state index contributed by atoms with van der Waals surface area (Å²) < 4.78 is 0. The van der Waals surface area contributed by atoms with Gasteiger partial charge in [0.1, 0.15) is 0 Å². The van der Waals surface area contributed by atoms with E-state index in [0.717, 1.165) is 12.0 Å². The number of benzene rings is 1. The second-order valence-electron chi connectivity index (χ2n) is 5.33. The average Bonchev–Trinajstić information content (AvgIpc) is 2.51. The summed E-state index contributed by atoms with van der Waals surface area (Å²) in [7, 11) is 1.93. The van der Waals surface area contributed by atoms with Gasteiger partial charge in [0.25, 0.3) is 5.91 Å². The molecule has 1 amide bonds. The lowest BCUT2D eigenvalue weighted by Gasteiger charge is -2.44. The van der Waals surface area contributed by atoms with Gasteiger partial charge in [0.2, 0.25) is 0 Å². The van der Waals surface area contributed by atoms with Crippen molar-refractivity contribution in [1.29, 1.82) is 0 Å². The highest BCUT2D eigenvalue weighted by Crippen LogP contribution is 2.45. The van der Waals surface area contributed by atoms with Crippen molar-refractivity contribution < 1.29 is 4.79 Å². The van der Waals surface area contributed by atoms with Crippen molar-refractivity contribution in [3.05, 3.63) is 59.7 Å². The van der Waals surface area contributed by atoms with Crippen LogP contribution >= 0.6 is 11.8 Å². The monoisotopic (exact) mass is 285 g/mol. The van der Waals surface area contributed by atoms with Gasteiger partial charge in [-0.05, 0) is 18.2 Å². The molecule has 20 heavy (non-hydrogen) atoms. The van der Waals surface area contributed by atoms with Crippen molar-refractivity contribution in [2.24, 2.45) is 5.92 Å². The number of amides is 1. The van der Waals surface area contributed by atoms with Crippen molar-refractivity contribution in [3.63, 3.8) is 0 Å². The van der Waals surface area contributed by atoms with Crippen LogP contribution in [0, 0.1) is 5.92 Å². The van der Waals surface area contributed by atoms with Crippen LogP contribution in [0.15, 0.2) is 54.1 Å². The minimum Gasteiger partial charge on any atom is -0.329 e. The van der Waals surface area contributed by atoms with Gasteiger partial charge in [-0.15, -0.1) is 11.8 Å². The van der Waals surface area contributed by atoms with Gasteiger partial charge in [-0.3, -0.25) is 4.79 Å². The van der Waals surface area contributed by atoms with Crippen molar-refractivity contribution in [3.8, 4) is 0 Å². The first kappa shape index (κ1) is 13.5. The van der Waals surface area contributed by atoms with Crippen LogP contribution in [0.25, 0.3) is 0 Å². The van der Waals surface area contributed by atoms with Gasteiger partial charge < -0.3 is 4.90 Å². The molecule has 0 bridgehead atoms. The summed E-state index contributed by atoms with van der Waals surface area (Å²) >= 11 is 1.76. The molecular weight excluding hydrogens is 266 g/mol. The lowest BCUT2D eigenvalue weighted by atomic mass is 9.75. The van der Waals surface area contributed by atoms with E-state index >= 15 is 0 Å². The van der Waals surface area contributed by atoms with Crippen LogP contribution in [-0.4, -0.2) is 29.5 Å². The number of hydrogen-bond donors (Lipinski definition) is 0. The second-order valence-corrected chi connectivity index (χ2v) is 6.28. The minimum atomic E-state index is 0.186. The lowest BCUT2D eigenvalue weighted by Crippen LogP contribution is -2.48. The number of likely N-dealkylation sites (N-methyl/N-ethyl adjacent to an activating group) is 1. The van der Waals surface area contributed by atoms with Crippen LogP contribution in [0.4, 0.5) is 0 Å². The van der Waals surface area contributed by atoms with E-state index in [9.17, 15) is 4.79 Å². The maximum Gasteiger partial charge on any atom is 0.250 e. The molecule has 1 aliphatic heterocycles. The Labute approximate surface area is 124 Å². The number of piperidine rings is 1. The van der Waals surface area contributed by atoms with Crippen molar-refractivity contribution in [1.82, 2.24) is 4.90 Å². The highest BCUT2D eigenvalue weighted by molar-refractivity contribution is 7.99. The predicted octanol–water partition coefficient (Wildman–Crippen LogP) is 3.43. The molecule has 1 aromatic rings. The fraction of sp³-hybridized carbons (Fsp3) is 0.353. The number of hydrogen-bond acceptors (Lipinski definition) is 2. The Kier molecular flexibility index (Phi) is 3.70. The zero-order chi connectivity index (χ0) is 14.1. The number of carbonyl (C=O) groups excluding carboxylic acids is 1. The average molecular weight is 285 g/mol. The highest BCUT2D eigenvalue weighted by atomic mass is 32.2. The summed E-state index contributed by atoms with van der Waals surface area (Å²) in [5.41, 5.74) is 2.28. The molecule has 0 radical (unpaired) electrons. The highest BCUT2D eigenvalue weighted by Gasteiger charge is 2.43. The quantitative estimate of drug-likeness (QED) is 0.776. The van der Waals surface area contributed by atoms with Gasteiger partial charge in [-0.1, -0.05) is 48.6 Å². The fourth-order valence-corrected chi connectivity index (χ4v) is 4.32. The summed E-state index contributed by atoms with van der Waals surface area (Å²) in [6, 6.07) is 10.6. The van der Waals surface area contributed by atoms with Gasteiger partial charge in [0.05, 0.1) is 5.37 Å². The van der Waals surface area contributed by atoms with Crippen molar-refractivity contribution in [2.45, 2.75) is 17.7 Å². The summed E-state index contributed by atoms with van der Waals surface area (Å²) in [5, 5.41) is 0.190. The third-order valence-electron chi connectivity index (χ3n) is 4.25. The molecule has 2 nitrogen and oxygen atoms in total. The third-order valence-corrected chi connectivity index (χ3v) is 5.34. The molecule has 0 unspecified atom stereocenters. The molecule has 2 aliphatic rings. The first-order chi connectivity index (χ1) is 9.74. The van der Waals surface area contributed by atoms with Crippen LogP contribution in [-0.2, 0) is 4.79 Å². The number of nitrogens with zero attached hydrogens (tertiary/aromatic N) is 1. The molecule has 1 heterocycles. The van der Waals surface area contributed by atoms with Crippen LogP contribution in [0.1, 0.15) is 17.9 Å². The Hall–Kier alpha value is -1.48. The molecule has 3 atom stereocenters. The maximum atomic E-state index is 12.5. The number of allylic oxidation sites excluding steroid dienone is 3. The molecule has 0 saturated carbocycles. The third kappa shape index (κ3) is 2.10. The Morgan fingerprint density at radius 3 is 2.70 bits per heavy atom. The van der Waals surface area contributed by atoms with E-state index in [1.807, 2.05) is 18.0 Å². The summed E-state index contributed by atoms with van der Waals surface area (Å²) in [6.45, 7) is 0. The zero-order valence-electron chi connectivity index (χ0n) is 11.8. The maximum absolute atomic E-state index is 12.5. The molecule has 1 aliphatic carbocycles. The summed E-state index contributed by atoms with van der Waals surface area (Å²) in [6.07, 6.45) is 9.46. The number of carbonyl (C=O) groups is 1. The molecule has 1 saturated heterocycles. The van der Waals surface area contributed by atoms with E-state index in [0.29, 0.717) is 5.92 Å². The summed E-state index contributed by atoms with van der Waals surface area (Å²) in [4.78, 5) is 14.4. The molecule has 0 spiro atoms. The Morgan fingerprint density at radius 1 is 1.25 bits per heavy atom. The molecule has 1 aromatic carbocycles.